The maximum atomic E-state index is 5.88. The maximum absolute atomic E-state index is 5.88. The van der Waals surface area contributed by atoms with E-state index in [9.17, 15) is 0 Å². The lowest BCUT2D eigenvalue weighted by atomic mass is 9.98. The fourth-order valence-corrected chi connectivity index (χ4v) is 2.23. The molecule has 1 aliphatic carbocycles. The summed E-state index contributed by atoms with van der Waals surface area (Å²) in [6.45, 7) is 5.99. The second-order valence-electron chi connectivity index (χ2n) is 5.28. The molecule has 4 nitrogen and oxygen atoms in total. The average Bonchev–Trinajstić information content (AvgIpc) is 2.37. The Morgan fingerprint density at radius 3 is 2.61 bits per heavy atom. The second kappa shape index (κ2) is 9.20. The molecule has 0 spiro atoms. The van der Waals surface area contributed by atoms with E-state index in [2.05, 4.69) is 29.5 Å². The van der Waals surface area contributed by atoms with Crippen LogP contribution in [0.1, 0.15) is 52.4 Å². The summed E-state index contributed by atoms with van der Waals surface area (Å²) in [6, 6.07) is 0.412. The summed E-state index contributed by atoms with van der Waals surface area (Å²) in [7, 11) is 1.80. The van der Waals surface area contributed by atoms with Crippen LogP contribution in [0, 0.1) is 0 Å². The summed E-state index contributed by atoms with van der Waals surface area (Å²) < 4.78 is 5.88. The van der Waals surface area contributed by atoms with Crippen LogP contribution in [0.2, 0.25) is 0 Å². The Hall–Kier alpha value is -0.770. The van der Waals surface area contributed by atoms with Gasteiger partial charge in [0.25, 0.3) is 0 Å². The van der Waals surface area contributed by atoms with Crippen LogP contribution in [0.5, 0.6) is 0 Å². The smallest absolute Gasteiger partial charge is 0.191 e. The highest BCUT2D eigenvalue weighted by Crippen LogP contribution is 2.20. The first-order valence-corrected chi connectivity index (χ1v) is 7.31. The first kappa shape index (κ1) is 15.3. The number of guanidine groups is 1. The molecule has 0 aliphatic heterocycles. The Morgan fingerprint density at radius 1 is 1.28 bits per heavy atom. The molecule has 0 radical (unpaired) electrons. The van der Waals surface area contributed by atoms with Crippen LogP contribution in [0.25, 0.3) is 0 Å². The number of ether oxygens (including phenoxy) is 1. The standard InChI is InChI=1S/C14H29N3O/c1-12(2)17-14(15-3)16-10-7-11-18-13-8-5-4-6-9-13/h12-13H,4-11H2,1-3H3,(H2,15,16,17). The van der Waals surface area contributed by atoms with Crippen LogP contribution in [-0.4, -0.2) is 38.3 Å². The van der Waals surface area contributed by atoms with Gasteiger partial charge < -0.3 is 15.4 Å². The van der Waals surface area contributed by atoms with E-state index in [0.717, 1.165) is 25.5 Å². The molecule has 1 rings (SSSR count). The Morgan fingerprint density at radius 2 is 2.00 bits per heavy atom. The SMILES string of the molecule is CN=C(NCCCOC1CCCCC1)NC(C)C. The summed E-state index contributed by atoms with van der Waals surface area (Å²) in [5, 5.41) is 6.57. The van der Waals surface area contributed by atoms with Gasteiger partial charge in [-0.15, -0.1) is 0 Å². The Labute approximate surface area is 112 Å². The van der Waals surface area contributed by atoms with Crippen LogP contribution in [-0.2, 0) is 4.74 Å². The van der Waals surface area contributed by atoms with Crippen LogP contribution >= 0.6 is 0 Å². The summed E-state index contributed by atoms with van der Waals surface area (Å²) in [6.07, 6.45) is 8.13. The topological polar surface area (TPSA) is 45.7 Å². The summed E-state index contributed by atoms with van der Waals surface area (Å²) in [5.41, 5.74) is 0. The Bertz CT molecular complexity index is 235. The predicted octanol–water partition coefficient (Wildman–Crippen LogP) is 2.30. The zero-order chi connectivity index (χ0) is 13.2. The minimum Gasteiger partial charge on any atom is -0.378 e. The summed E-state index contributed by atoms with van der Waals surface area (Å²) >= 11 is 0. The third kappa shape index (κ3) is 6.84. The van der Waals surface area contributed by atoms with Gasteiger partial charge in [-0.3, -0.25) is 4.99 Å². The molecule has 1 aliphatic rings. The first-order valence-electron chi connectivity index (χ1n) is 7.31. The molecule has 0 unspecified atom stereocenters. The van der Waals surface area contributed by atoms with Crippen molar-refractivity contribution in [2.45, 2.75) is 64.5 Å². The van der Waals surface area contributed by atoms with Crippen molar-refractivity contribution in [2.24, 2.45) is 4.99 Å². The predicted molar refractivity (Wildman–Crippen MR) is 77.1 cm³/mol. The molecule has 0 heterocycles. The highest BCUT2D eigenvalue weighted by atomic mass is 16.5. The van der Waals surface area contributed by atoms with Crippen molar-refractivity contribution in [2.75, 3.05) is 20.2 Å². The van der Waals surface area contributed by atoms with Gasteiger partial charge in [-0.1, -0.05) is 19.3 Å². The molecule has 1 saturated carbocycles. The zero-order valence-electron chi connectivity index (χ0n) is 12.2. The lowest BCUT2D eigenvalue weighted by Gasteiger charge is -2.22. The van der Waals surface area contributed by atoms with E-state index in [1.807, 2.05) is 0 Å². The highest BCUT2D eigenvalue weighted by molar-refractivity contribution is 5.79. The molecular formula is C14H29N3O. The van der Waals surface area contributed by atoms with Crippen molar-refractivity contribution < 1.29 is 4.74 Å². The van der Waals surface area contributed by atoms with Crippen LogP contribution in [0.3, 0.4) is 0 Å². The molecule has 0 aromatic heterocycles. The fraction of sp³-hybridized carbons (Fsp3) is 0.929. The van der Waals surface area contributed by atoms with Gasteiger partial charge in [0.05, 0.1) is 6.10 Å². The van der Waals surface area contributed by atoms with Gasteiger partial charge in [0.2, 0.25) is 0 Å². The molecule has 0 aromatic rings. The number of aliphatic imine (C=N–C) groups is 1. The molecule has 2 N–H and O–H groups in total. The lowest BCUT2D eigenvalue weighted by molar-refractivity contribution is 0.0277. The van der Waals surface area contributed by atoms with E-state index in [4.69, 9.17) is 4.74 Å². The quantitative estimate of drug-likeness (QED) is 0.435. The molecule has 0 amide bonds. The van der Waals surface area contributed by atoms with Gasteiger partial charge in [-0.25, -0.2) is 0 Å². The van der Waals surface area contributed by atoms with E-state index in [-0.39, 0.29) is 0 Å². The molecule has 106 valence electrons. The third-order valence-corrected chi connectivity index (χ3v) is 3.17. The molecule has 4 heteroatoms. The monoisotopic (exact) mass is 255 g/mol. The van der Waals surface area contributed by atoms with Gasteiger partial charge in [-0.2, -0.15) is 0 Å². The van der Waals surface area contributed by atoms with E-state index in [0.29, 0.717) is 12.1 Å². The Balaban J connectivity index is 2.00. The molecule has 1 fully saturated rings. The number of rotatable bonds is 6. The second-order valence-corrected chi connectivity index (χ2v) is 5.28. The lowest BCUT2D eigenvalue weighted by Crippen LogP contribution is -2.41. The van der Waals surface area contributed by atoms with E-state index in [1.54, 1.807) is 7.05 Å². The number of nitrogens with zero attached hydrogens (tertiary/aromatic N) is 1. The summed E-state index contributed by atoms with van der Waals surface area (Å²) in [5.74, 6) is 0.877. The van der Waals surface area contributed by atoms with Gasteiger partial charge in [0.15, 0.2) is 5.96 Å². The van der Waals surface area contributed by atoms with Gasteiger partial charge in [0.1, 0.15) is 0 Å². The van der Waals surface area contributed by atoms with Crippen molar-refractivity contribution in [3.05, 3.63) is 0 Å². The van der Waals surface area contributed by atoms with E-state index < -0.39 is 0 Å². The molecule has 0 aromatic carbocycles. The number of nitrogens with one attached hydrogen (secondary N) is 2. The largest absolute Gasteiger partial charge is 0.378 e. The van der Waals surface area contributed by atoms with Crippen molar-refractivity contribution in [1.29, 1.82) is 0 Å². The van der Waals surface area contributed by atoms with Gasteiger partial charge in [-0.05, 0) is 33.1 Å². The zero-order valence-corrected chi connectivity index (χ0v) is 12.2. The van der Waals surface area contributed by atoms with Crippen LogP contribution in [0.4, 0.5) is 0 Å². The minimum atomic E-state index is 0.412. The van der Waals surface area contributed by atoms with Crippen LogP contribution < -0.4 is 10.6 Å². The van der Waals surface area contributed by atoms with Crippen molar-refractivity contribution in [3.63, 3.8) is 0 Å². The summed E-state index contributed by atoms with van der Waals surface area (Å²) in [4.78, 5) is 4.17. The minimum absolute atomic E-state index is 0.412. The average molecular weight is 255 g/mol. The van der Waals surface area contributed by atoms with Crippen molar-refractivity contribution in [1.82, 2.24) is 10.6 Å². The maximum Gasteiger partial charge on any atom is 0.191 e. The van der Waals surface area contributed by atoms with Crippen LogP contribution in [0.15, 0.2) is 4.99 Å². The van der Waals surface area contributed by atoms with Gasteiger partial charge >= 0.3 is 0 Å². The molecule has 0 atom stereocenters. The number of hydrogen-bond acceptors (Lipinski definition) is 2. The van der Waals surface area contributed by atoms with Gasteiger partial charge in [0, 0.05) is 26.2 Å². The third-order valence-electron chi connectivity index (χ3n) is 3.17. The molecule has 0 bridgehead atoms. The fourth-order valence-electron chi connectivity index (χ4n) is 2.23. The van der Waals surface area contributed by atoms with Crippen molar-refractivity contribution in [3.8, 4) is 0 Å². The molecule has 0 saturated heterocycles. The normalized spacial score (nSPS) is 18.1. The molecular weight excluding hydrogens is 226 g/mol. The molecule has 18 heavy (non-hydrogen) atoms. The number of hydrogen-bond donors (Lipinski definition) is 2. The van der Waals surface area contributed by atoms with E-state index in [1.165, 1.54) is 32.1 Å². The van der Waals surface area contributed by atoms with Crippen molar-refractivity contribution >= 4 is 5.96 Å². The Kier molecular flexibility index (Phi) is 7.81. The first-order chi connectivity index (χ1) is 8.72. The van der Waals surface area contributed by atoms with E-state index >= 15 is 0 Å². The highest BCUT2D eigenvalue weighted by Gasteiger charge is 2.12.